The molecule has 5 heteroatoms. The number of benzene rings is 2. The van der Waals surface area contributed by atoms with Crippen LogP contribution in [0.2, 0.25) is 0 Å². The molecule has 0 fully saturated rings. The van der Waals surface area contributed by atoms with Crippen LogP contribution in [0.15, 0.2) is 67.0 Å². The van der Waals surface area contributed by atoms with Crippen LogP contribution in [0.25, 0.3) is 0 Å². The molecule has 0 radical (unpaired) electrons. The van der Waals surface area contributed by atoms with E-state index in [1.165, 1.54) is 23.5 Å². The normalized spacial score (nSPS) is 13.1. The van der Waals surface area contributed by atoms with Crippen molar-refractivity contribution in [3.8, 4) is 0 Å². The molecule has 5 nitrogen and oxygen atoms in total. The minimum Gasteiger partial charge on any atom is -0.334 e. The van der Waals surface area contributed by atoms with Gasteiger partial charge in [-0.3, -0.25) is 14.6 Å². The summed E-state index contributed by atoms with van der Waals surface area (Å²) in [7, 11) is 0. The van der Waals surface area contributed by atoms with Crippen molar-refractivity contribution >= 4 is 17.5 Å². The lowest BCUT2D eigenvalue weighted by Crippen LogP contribution is -2.36. The van der Waals surface area contributed by atoms with E-state index in [0.29, 0.717) is 24.2 Å². The maximum absolute atomic E-state index is 13.0. The van der Waals surface area contributed by atoms with Gasteiger partial charge in [0.15, 0.2) is 0 Å². The Morgan fingerprint density at radius 1 is 0.967 bits per heavy atom. The Kier molecular flexibility index (Phi) is 5.61. The van der Waals surface area contributed by atoms with E-state index >= 15 is 0 Å². The molecular weight excluding hydrogens is 374 g/mol. The molecule has 4 rings (SSSR count). The molecule has 0 unspecified atom stereocenters. The van der Waals surface area contributed by atoms with Crippen LogP contribution in [0.1, 0.15) is 57.2 Å². The monoisotopic (exact) mass is 399 g/mol. The average molecular weight is 399 g/mol. The van der Waals surface area contributed by atoms with Crippen molar-refractivity contribution in [1.29, 1.82) is 0 Å². The highest BCUT2D eigenvalue weighted by Crippen LogP contribution is 2.24. The van der Waals surface area contributed by atoms with E-state index in [1.54, 1.807) is 6.07 Å². The Hall–Kier alpha value is -3.47. The van der Waals surface area contributed by atoms with E-state index in [4.69, 9.17) is 0 Å². The van der Waals surface area contributed by atoms with Gasteiger partial charge in [-0.1, -0.05) is 56.3 Å². The lowest BCUT2D eigenvalue weighted by Gasteiger charge is -2.29. The van der Waals surface area contributed by atoms with E-state index in [9.17, 15) is 9.59 Å². The van der Waals surface area contributed by atoms with E-state index in [2.05, 4.69) is 36.3 Å². The molecule has 2 heterocycles. The molecule has 30 heavy (non-hydrogen) atoms. The zero-order valence-corrected chi connectivity index (χ0v) is 17.3. The Labute approximate surface area is 176 Å². The number of hydrogen-bond donors (Lipinski definition) is 1. The topological polar surface area (TPSA) is 62.3 Å². The molecule has 1 aliphatic heterocycles. The van der Waals surface area contributed by atoms with Crippen LogP contribution in [-0.4, -0.2) is 28.2 Å². The summed E-state index contributed by atoms with van der Waals surface area (Å²) in [6, 6.07) is 17.6. The summed E-state index contributed by atoms with van der Waals surface area (Å²) in [5.41, 5.74) is 5.11. The lowest BCUT2D eigenvalue weighted by atomic mass is 9.99. The fourth-order valence-corrected chi connectivity index (χ4v) is 3.84. The van der Waals surface area contributed by atoms with Gasteiger partial charge in [0.25, 0.3) is 11.8 Å². The second kappa shape index (κ2) is 8.49. The molecule has 0 saturated heterocycles. The highest BCUT2D eigenvalue weighted by Gasteiger charge is 2.22. The van der Waals surface area contributed by atoms with Crippen LogP contribution < -0.4 is 5.32 Å². The number of nitrogens with one attached hydrogen (secondary N) is 1. The molecule has 1 aliphatic rings. The number of para-hydroxylation sites is 1. The predicted octanol–water partition coefficient (Wildman–Crippen LogP) is 4.66. The average Bonchev–Trinajstić information content (AvgIpc) is 2.78. The van der Waals surface area contributed by atoms with E-state index in [1.807, 2.05) is 41.3 Å². The molecule has 0 saturated carbocycles. The van der Waals surface area contributed by atoms with Crippen LogP contribution in [0.5, 0.6) is 0 Å². The van der Waals surface area contributed by atoms with Crippen molar-refractivity contribution in [3.05, 3.63) is 94.8 Å². The van der Waals surface area contributed by atoms with Gasteiger partial charge in [-0.15, -0.1) is 0 Å². The van der Waals surface area contributed by atoms with Crippen LogP contribution in [0.4, 0.5) is 5.69 Å². The van der Waals surface area contributed by atoms with Crippen molar-refractivity contribution in [3.63, 3.8) is 0 Å². The molecule has 152 valence electrons. The number of anilines is 1. The van der Waals surface area contributed by atoms with Crippen molar-refractivity contribution in [2.45, 2.75) is 32.7 Å². The van der Waals surface area contributed by atoms with E-state index in [-0.39, 0.29) is 17.7 Å². The molecule has 1 N–H and O–H groups in total. The second-order valence-electron chi connectivity index (χ2n) is 7.90. The number of fused-ring (bicyclic) bond motifs is 1. The summed E-state index contributed by atoms with van der Waals surface area (Å²) in [6.07, 6.45) is 3.86. The number of pyridine rings is 1. The summed E-state index contributed by atoms with van der Waals surface area (Å²) in [4.78, 5) is 31.8. The third kappa shape index (κ3) is 4.10. The summed E-state index contributed by atoms with van der Waals surface area (Å²) >= 11 is 0. The van der Waals surface area contributed by atoms with Gasteiger partial charge < -0.3 is 10.2 Å². The number of aromatic nitrogens is 1. The number of amides is 2. The Bertz CT molecular complexity index is 1090. The van der Waals surface area contributed by atoms with Crippen molar-refractivity contribution in [2.24, 2.45) is 0 Å². The van der Waals surface area contributed by atoms with Gasteiger partial charge in [0.2, 0.25) is 0 Å². The van der Waals surface area contributed by atoms with Crippen LogP contribution >= 0.6 is 0 Å². The largest absolute Gasteiger partial charge is 0.334 e. The lowest BCUT2D eigenvalue weighted by molar-refractivity contribution is 0.0734. The summed E-state index contributed by atoms with van der Waals surface area (Å²) < 4.78 is 0. The van der Waals surface area contributed by atoms with Gasteiger partial charge in [0.1, 0.15) is 0 Å². The quantitative estimate of drug-likeness (QED) is 0.694. The Balaban J connectivity index is 1.52. The maximum atomic E-state index is 13.0. The molecule has 1 aromatic heterocycles. The first-order valence-corrected chi connectivity index (χ1v) is 10.2. The highest BCUT2D eigenvalue weighted by molar-refractivity contribution is 6.06. The molecule has 0 aliphatic carbocycles. The minimum absolute atomic E-state index is 0.103. The van der Waals surface area contributed by atoms with Gasteiger partial charge in [-0.05, 0) is 41.2 Å². The zero-order chi connectivity index (χ0) is 21.1. The number of rotatable bonds is 4. The Morgan fingerprint density at radius 2 is 1.67 bits per heavy atom. The van der Waals surface area contributed by atoms with E-state index < -0.39 is 0 Å². The first-order valence-electron chi connectivity index (χ1n) is 10.2. The minimum atomic E-state index is -0.269. The van der Waals surface area contributed by atoms with Gasteiger partial charge in [0.05, 0.1) is 11.1 Å². The molecule has 2 amide bonds. The van der Waals surface area contributed by atoms with Gasteiger partial charge in [-0.25, -0.2) is 0 Å². The van der Waals surface area contributed by atoms with Crippen LogP contribution in [-0.2, 0) is 13.0 Å². The van der Waals surface area contributed by atoms with Crippen molar-refractivity contribution in [2.75, 3.05) is 11.9 Å². The maximum Gasteiger partial charge on any atom is 0.257 e. The summed E-state index contributed by atoms with van der Waals surface area (Å²) in [6.45, 7) is 5.41. The van der Waals surface area contributed by atoms with Crippen molar-refractivity contribution < 1.29 is 9.59 Å². The third-order valence-corrected chi connectivity index (χ3v) is 5.50. The smallest absolute Gasteiger partial charge is 0.257 e. The first-order chi connectivity index (χ1) is 14.5. The predicted molar refractivity (Wildman–Crippen MR) is 118 cm³/mol. The molecule has 3 aromatic rings. The number of carbonyl (C=O) groups is 2. The van der Waals surface area contributed by atoms with E-state index in [0.717, 1.165) is 17.7 Å². The second-order valence-corrected chi connectivity index (χ2v) is 7.90. The van der Waals surface area contributed by atoms with Crippen LogP contribution in [0, 0.1) is 0 Å². The molecule has 0 bridgehead atoms. The molecular formula is C25H25N3O2. The standard InChI is InChI=1S/C25H25N3O2/c1-17(2)22-9-5-6-10-23(22)27-24(29)20-13-21(15-26-14-20)25(30)28-12-11-18-7-3-4-8-19(18)16-28/h3-10,13-15,17H,11-12,16H2,1-2H3,(H,27,29). The third-order valence-electron chi connectivity index (χ3n) is 5.50. The first kappa shape index (κ1) is 19.8. The number of hydrogen-bond acceptors (Lipinski definition) is 3. The summed E-state index contributed by atoms with van der Waals surface area (Å²) in [5, 5.41) is 2.96. The fourth-order valence-electron chi connectivity index (χ4n) is 3.84. The van der Waals surface area contributed by atoms with Crippen molar-refractivity contribution in [1.82, 2.24) is 9.88 Å². The van der Waals surface area contributed by atoms with Gasteiger partial charge in [0, 0.05) is 31.2 Å². The SMILES string of the molecule is CC(C)c1ccccc1NC(=O)c1cncc(C(=O)N2CCc3ccccc3C2)c1. The molecule has 2 aromatic carbocycles. The zero-order valence-electron chi connectivity index (χ0n) is 17.3. The highest BCUT2D eigenvalue weighted by atomic mass is 16.2. The Morgan fingerprint density at radius 3 is 2.47 bits per heavy atom. The molecule has 0 atom stereocenters. The number of nitrogens with zero attached hydrogens (tertiary/aromatic N) is 2. The fraction of sp³-hybridized carbons (Fsp3) is 0.240. The van der Waals surface area contributed by atoms with Gasteiger partial charge in [-0.2, -0.15) is 0 Å². The summed E-state index contributed by atoms with van der Waals surface area (Å²) in [5.74, 6) is -0.0852. The number of carbonyl (C=O) groups excluding carboxylic acids is 2. The van der Waals surface area contributed by atoms with Crippen LogP contribution in [0.3, 0.4) is 0 Å². The van der Waals surface area contributed by atoms with Gasteiger partial charge >= 0.3 is 0 Å². The molecule has 0 spiro atoms.